The van der Waals surface area contributed by atoms with E-state index in [9.17, 15) is 10.1 Å². The lowest BCUT2D eigenvalue weighted by atomic mass is 9.96. The number of rotatable bonds is 1. The molecule has 100 valence electrons. The largest absolute Gasteiger partial charge is 0.454 e. The van der Waals surface area contributed by atoms with E-state index in [-0.39, 0.29) is 17.9 Å². The Bertz CT molecular complexity index is 800. The van der Waals surface area contributed by atoms with Gasteiger partial charge in [-0.15, -0.1) is 0 Å². The number of aromatic amines is 1. The summed E-state index contributed by atoms with van der Waals surface area (Å²) in [6.07, 6.45) is 0. The molecule has 2 heterocycles. The molecule has 0 unspecified atom stereocenters. The van der Waals surface area contributed by atoms with Crippen LogP contribution >= 0.6 is 0 Å². The number of hydrogen-bond donors (Lipinski definition) is 1. The molecule has 1 aromatic heterocycles. The zero-order valence-electron chi connectivity index (χ0n) is 11.1. The first-order valence-corrected chi connectivity index (χ1v) is 6.15. The van der Waals surface area contributed by atoms with E-state index >= 15 is 0 Å². The average Bonchev–Trinajstić information content (AvgIpc) is 2.84. The van der Waals surface area contributed by atoms with E-state index in [0.29, 0.717) is 22.8 Å². The van der Waals surface area contributed by atoms with Crippen LogP contribution in [0.5, 0.6) is 11.5 Å². The van der Waals surface area contributed by atoms with Crippen molar-refractivity contribution in [1.29, 1.82) is 5.26 Å². The number of nitrogens with one attached hydrogen (secondary N) is 1. The van der Waals surface area contributed by atoms with Crippen LogP contribution in [0, 0.1) is 25.2 Å². The summed E-state index contributed by atoms with van der Waals surface area (Å²) in [6, 6.07) is 7.43. The Kier molecular flexibility index (Phi) is 2.72. The van der Waals surface area contributed by atoms with Crippen molar-refractivity contribution in [1.82, 2.24) is 4.98 Å². The van der Waals surface area contributed by atoms with Crippen LogP contribution in [0.4, 0.5) is 0 Å². The zero-order chi connectivity index (χ0) is 14.3. The maximum absolute atomic E-state index is 11.9. The van der Waals surface area contributed by atoms with Gasteiger partial charge in [-0.2, -0.15) is 5.26 Å². The van der Waals surface area contributed by atoms with E-state index in [1.54, 1.807) is 13.0 Å². The van der Waals surface area contributed by atoms with Crippen molar-refractivity contribution < 1.29 is 9.47 Å². The molecule has 1 N–H and O–H groups in total. The Morgan fingerprint density at radius 2 is 1.85 bits per heavy atom. The molecule has 0 radical (unpaired) electrons. The Labute approximate surface area is 115 Å². The van der Waals surface area contributed by atoms with Gasteiger partial charge in [-0.3, -0.25) is 4.79 Å². The predicted octanol–water partition coefficient (Wildman–Crippen LogP) is 2.26. The molecule has 5 nitrogen and oxygen atoms in total. The molecule has 0 aliphatic carbocycles. The van der Waals surface area contributed by atoms with Gasteiger partial charge < -0.3 is 14.5 Å². The van der Waals surface area contributed by atoms with Gasteiger partial charge in [-0.05, 0) is 43.2 Å². The Morgan fingerprint density at radius 3 is 2.55 bits per heavy atom. The molecule has 0 amide bonds. The van der Waals surface area contributed by atoms with Crippen LogP contribution in [0.25, 0.3) is 11.1 Å². The van der Waals surface area contributed by atoms with Gasteiger partial charge in [0, 0.05) is 11.3 Å². The number of nitrogens with zero attached hydrogens (tertiary/aromatic N) is 1. The van der Waals surface area contributed by atoms with Crippen LogP contribution < -0.4 is 15.0 Å². The lowest BCUT2D eigenvalue weighted by Gasteiger charge is -2.10. The van der Waals surface area contributed by atoms with Crippen molar-refractivity contribution in [2.24, 2.45) is 0 Å². The van der Waals surface area contributed by atoms with Crippen molar-refractivity contribution in [2.45, 2.75) is 13.8 Å². The predicted molar refractivity (Wildman–Crippen MR) is 72.8 cm³/mol. The molecule has 3 rings (SSSR count). The maximum Gasteiger partial charge on any atom is 0.266 e. The summed E-state index contributed by atoms with van der Waals surface area (Å²) >= 11 is 0. The Morgan fingerprint density at radius 1 is 1.15 bits per heavy atom. The van der Waals surface area contributed by atoms with Gasteiger partial charge in [0.2, 0.25) is 6.79 Å². The first-order valence-electron chi connectivity index (χ1n) is 6.15. The van der Waals surface area contributed by atoms with Crippen LogP contribution in [-0.2, 0) is 0 Å². The number of benzene rings is 1. The first kappa shape index (κ1) is 12.3. The minimum atomic E-state index is -0.375. The molecule has 0 bridgehead atoms. The highest BCUT2D eigenvalue weighted by Gasteiger charge is 2.19. The minimum absolute atomic E-state index is 0.109. The van der Waals surface area contributed by atoms with E-state index in [0.717, 1.165) is 11.1 Å². The topological polar surface area (TPSA) is 75.1 Å². The maximum atomic E-state index is 11.9. The van der Waals surface area contributed by atoms with Gasteiger partial charge >= 0.3 is 0 Å². The fourth-order valence-electron chi connectivity index (χ4n) is 2.35. The number of fused-ring (bicyclic) bond motifs is 1. The molecule has 5 heteroatoms. The van der Waals surface area contributed by atoms with Gasteiger partial charge in [0.05, 0.1) is 0 Å². The SMILES string of the molecule is Cc1cc(-c2cc3c(cc2C)OCO3)c(C#N)c(=O)[nH]1. The number of nitriles is 1. The van der Waals surface area contributed by atoms with Crippen LogP contribution in [0.1, 0.15) is 16.8 Å². The molecule has 2 aromatic rings. The third kappa shape index (κ3) is 1.82. The van der Waals surface area contributed by atoms with Crippen LogP contribution in [0.3, 0.4) is 0 Å². The number of hydrogen-bond acceptors (Lipinski definition) is 4. The second-order valence-electron chi connectivity index (χ2n) is 4.70. The van der Waals surface area contributed by atoms with Gasteiger partial charge in [-0.1, -0.05) is 0 Å². The van der Waals surface area contributed by atoms with E-state index in [2.05, 4.69) is 4.98 Å². The molecule has 0 spiro atoms. The quantitative estimate of drug-likeness (QED) is 0.860. The third-order valence-corrected chi connectivity index (χ3v) is 3.29. The molecule has 1 aliphatic rings. The van der Waals surface area contributed by atoms with Crippen molar-refractivity contribution in [2.75, 3.05) is 6.79 Å². The number of aromatic nitrogens is 1. The summed E-state index contributed by atoms with van der Waals surface area (Å²) in [7, 11) is 0. The lowest BCUT2D eigenvalue weighted by Crippen LogP contribution is -2.13. The number of ether oxygens (including phenoxy) is 2. The zero-order valence-corrected chi connectivity index (χ0v) is 11.1. The van der Waals surface area contributed by atoms with E-state index in [4.69, 9.17) is 9.47 Å². The summed E-state index contributed by atoms with van der Waals surface area (Å²) < 4.78 is 10.7. The molecule has 0 saturated carbocycles. The standard InChI is InChI=1S/C15H12N2O3/c1-8-3-13-14(20-7-19-13)5-10(8)11-4-9(2)17-15(18)12(11)6-16/h3-5H,7H2,1-2H3,(H,17,18). The number of aryl methyl sites for hydroxylation is 2. The van der Waals surface area contributed by atoms with E-state index in [1.807, 2.05) is 25.1 Å². The smallest absolute Gasteiger partial charge is 0.266 e. The second kappa shape index (κ2) is 4.42. The van der Waals surface area contributed by atoms with Crippen LogP contribution in [-0.4, -0.2) is 11.8 Å². The van der Waals surface area contributed by atoms with Gasteiger partial charge in [0.1, 0.15) is 11.6 Å². The molecule has 0 atom stereocenters. The summed E-state index contributed by atoms with van der Waals surface area (Å²) in [5, 5.41) is 9.21. The molecule has 20 heavy (non-hydrogen) atoms. The van der Waals surface area contributed by atoms with E-state index < -0.39 is 0 Å². The highest BCUT2D eigenvalue weighted by Crippen LogP contribution is 2.38. The molecule has 0 saturated heterocycles. The van der Waals surface area contributed by atoms with Crippen molar-refractivity contribution >= 4 is 0 Å². The Hall–Kier alpha value is -2.74. The summed E-state index contributed by atoms with van der Waals surface area (Å²) in [6.45, 7) is 3.89. The van der Waals surface area contributed by atoms with E-state index in [1.165, 1.54) is 0 Å². The number of H-pyrrole nitrogens is 1. The lowest BCUT2D eigenvalue weighted by molar-refractivity contribution is 0.174. The monoisotopic (exact) mass is 268 g/mol. The van der Waals surface area contributed by atoms with Gasteiger partial charge in [-0.25, -0.2) is 0 Å². The van der Waals surface area contributed by atoms with Crippen LogP contribution in [0.2, 0.25) is 0 Å². The molecule has 1 aromatic carbocycles. The molecular formula is C15H12N2O3. The van der Waals surface area contributed by atoms with Crippen LogP contribution in [0.15, 0.2) is 23.0 Å². The average molecular weight is 268 g/mol. The summed E-state index contributed by atoms with van der Waals surface area (Å²) in [4.78, 5) is 14.5. The first-order chi connectivity index (χ1) is 9.60. The fraction of sp³-hybridized carbons (Fsp3) is 0.200. The Balaban J connectivity index is 2.30. The number of pyridine rings is 1. The van der Waals surface area contributed by atoms with Gasteiger partial charge in [0.25, 0.3) is 5.56 Å². The van der Waals surface area contributed by atoms with Crippen molar-refractivity contribution in [3.8, 4) is 28.7 Å². The fourth-order valence-corrected chi connectivity index (χ4v) is 2.35. The minimum Gasteiger partial charge on any atom is -0.454 e. The molecule has 0 fully saturated rings. The summed E-state index contributed by atoms with van der Waals surface area (Å²) in [5.74, 6) is 1.32. The second-order valence-corrected chi connectivity index (χ2v) is 4.70. The third-order valence-electron chi connectivity index (χ3n) is 3.29. The molecule has 1 aliphatic heterocycles. The highest BCUT2D eigenvalue weighted by atomic mass is 16.7. The van der Waals surface area contributed by atoms with Crippen molar-refractivity contribution in [3.63, 3.8) is 0 Å². The highest BCUT2D eigenvalue weighted by molar-refractivity contribution is 5.75. The summed E-state index contributed by atoms with van der Waals surface area (Å²) in [5.41, 5.74) is 2.79. The van der Waals surface area contributed by atoms with Crippen molar-refractivity contribution in [3.05, 3.63) is 45.4 Å². The normalized spacial score (nSPS) is 12.2. The molecular weight excluding hydrogens is 256 g/mol. The van der Waals surface area contributed by atoms with Gasteiger partial charge in [0.15, 0.2) is 11.5 Å².